The number of carbonyl (C=O) groups excluding carboxylic acids is 1. The smallest absolute Gasteiger partial charge is 0.290 e. The number of hydrogen-bond donors (Lipinski definition) is 2. The van der Waals surface area contributed by atoms with E-state index >= 15 is 0 Å². The molecule has 0 radical (unpaired) electrons. The zero-order valence-corrected chi connectivity index (χ0v) is 17.3. The molecule has 3 heterocycles. The molecule has 162 valence electrons. The van der Waals surface area contributed by atoms with E-state index < -0.39 is 0 Å². The van der Waals surface area contributed by atoms with Gasteiger partial charge in [-0.25, -0.2) is 4.98 Å². The number of anilines is 1. The second-order valence-electron chi connectivity index (χ2n) is 7.33. The number of H-pyrrole nitrogens is 1. The molecule has 0 saturated carbocycles. The second kappa shape index (κ2) is 9.30. The van der Waals surface area contributed by atoms with Gasteiger partial charge in [0.15, 0.2) is 0 Å². The normalized spacial score (nSPS) is 13.5. The first-order valence-corrected chi connectivity index (χ1v) is 10.2. The maximum atomic E-state index is 13.2. The maximum absolute atomic E-state index is 13.2. The Bertz CT molecular complexity index is 1320. The number of nitrogens with one attached hydrogen (secondary N) is 1. The van der Waals surface area contributed by atoms with Gasteiger partial charge in [0.2, 0.25) is 5.56 Å². The summed E-state index contributed by atoms with van der Waals surface area (Å²) in [6.07, 6.45) is 1.84. The predicted molar refractivity (Wildman–Crippen MR) is 123 cm³/mol. The van der Waals surface area contributed by atoms with E-state index in [1.807, 2.05) is 47.5 Å². The van der Waals surface area contributed by atoms with E-state index in [0.717, 1.165) is 29.7 Å². The van der Waals surface area contributed by atoms with Crippen LogP contribution in [0.5, 0.6) is 0 Å². The number of carbonyl (C=O) groups is 2. The molecule has 1 aliphatic heterocycles. The molecule has 0 aliphatic carbocycles. The third kappa shape index (κ3) is 4.15. The third-order valence-electron chi connectivity index (χ3n) is 5.51. The molecule has 2 aromatic heterocycles. The highest BCUT2D eigenvalue weighted by Gasteiger charge is 2.24. The SMILES string of the molecule is O=C(c1cccc2[nH]c(=O)ccc12)N1CCN(c2nccc3ccccc23)CC1.O=CO. The number of nitrogens with zero attached hydrogens (tertiary/aromatic N) is 3. The number of aromatic amines is 1. The van der Waals surface area contributed by atoms with E-state index in [-0.39, 0.29) is 17.9 Å². The van der Waals surface area contributed by atoms with E-state index in [0.29, 0.717) is 24.2 Å². The van der Waals surface area contributed by atoms with Gasteiger partial charge < -0.3 is 19.9 Å². The highest BCUT2D eigenvalue weighted by Crippen LogP contribution is 2.25. The van der Waals surface area contributed by atoms with Crippen molar-refractivity contribution in [1.29, 1.82) is 0 Å². The van der Waals surface area contributed by atoms with Crippen LogP contribution in [-0.4, -0.2) is 58.5 Å². The molecule has 2 N–H and O–H groups in total. The summed E-state index contributed by atoms with van der Waals surface area (Å²) in [5, 5.41) is 9.96. The second-order valence-corrected chi connectivity index (χ2v) is 7.33. The van der Waals surface area contributed by atoms with Gasteiger partial charge in [0, 0.05) is 60.3 Å². The lowest BCUT2D eigenvalue weighted by Gasteiger charge is -2.36. The van der Waals surface area contributed by atoms with Crippen molar-refractivity contribution in [2.75, 3.05) is 31.1 Å². The van der Waals surface area contributed by atoms with Crippen LogP contribution in [0, 0.1) is 0 Å². The zero-order chi connectivity index (χ0) is 22.5. The fourth-order valence-electron chi connectivity index (χ4n) is 4.02. The summed E-state index contributed by atoms with van der Waals surface area (Å²) in [5.41, 5.74) is 1.13. The molecule has 32 heavy (non-hydrogen) atoms. The summed E-state index contributed by atoms with van der Waals surface area (Å²) >= 11 is 0. The first-order chi connectivity index (χ1) is 15.6. The summed E-state index contributed by atoms with van der Waals surface area (Å²) in [6, 6.07) is 18.9. The van der Waals surface area contributed by atoms with Gasteiger partial charge >= 0.3 is 0 Å². The van der Waals surface area contributed by atoms with Crippen molar-refractivity contribution < 1.29 is 14.7 Å². The number of amides is 1. The minimum Gasteiger partial charge on any atom is -0.483 e. The van der Waals surface area contributed by atoms with Gasteiger partial charge in [0.25, 0.3) is 12.4 Å². The van der Waals surface area contributed by atoms with Gasteiger partial charge in [0.1, 0.15) is 5.82 Å². The molecule has 0 atom stereocenters. The molecule has 1 amide bonds. The van der Waals surface area contributed by atoms with Crippen molar-refractivity contribution >= 4 is 39.9 Å². The van der Waals surface area contributed by atoms with Crippen LogP contribution >= 0.6 is 0 Å². The molecule has 1 aliphatic rings. The van der Waals surface area contributed by atoms with E-state index in [1.165, 1.54) is 11.5 Å². The number of rotatable bonds is 2. The van der Waals surface area contributed by atoms with Crippen LogP contribution in [0.25, 0.3) is 21.7 Å². The molecular weight excluding hydrogens is 408 g/mol. The standard InChI is InChI=1S/C23H20N4O2.CH2O2/c28-21-9-8-18-19(6-3-7-20(18)25-21)23(29)27-14-12-26(13-15-27)22-17-5-2-1-4-16(17)10-11-24-22;2-1-3/h1-11H,12-15H2,(H,25,28);1H,(H,2,3). The molecule has 8 heteroatoms. The molecule has 1 fully saturated rings. The van der Waals surface area contributed by atoms with Crippen molar-refractivity contribution in [2.45, 2.75) is 0 Å². The third-order valence-corrected chi connectivity index (χ3v) is 5.51. The molecule has 0 bridgehead atoms. The van der Waals surface area contributed by atoms with Crippen molar-refractivity contribution in [3.63, 3.8) is 0 Å². The lowest BCUT2D eigenvalue weighted by molar-refractivity contribution is -0.122. The largest absolute Gasteiger partial charge is 0.483 e. The molecular formula is C24H22N4O4. The summed E-state index contributed by atoms with van der Waals surface area (Å²) in [5.74, 6) is 0.964. The Kier molecular flexibility index (Phi) is 6.12. The molecule has 1 saturated heterocycles. The van der Waals surface area contributed by atoms with Crippen LogP contribution in [-0.2, 0) is 4.79 Å². The van der Waals surface area contributed by atoms with Gasteiger partial charge in [-0.1, -0.05) is 30.3 Å². The highest BCUT2D eigenvalue weighted by molar-refractivity contribution is 6.06. The number of aromatic nitrogens is 2. The maximum Gasteiger partial charge on any atom is 0.290 e. The quantitative estimate of drug-likeness (QED) is 0.474. The van der Waals surface area contributed by atoms with Gasteiger partial charge in [-0.15, -0.1) is 0 Å². The molecule has 8 nitrogen and oxygen atoms in total. The lowest BCUT2D eigenvalue weighted by atomic mass is 10.1. The Balaban J connectivity index is 0.000000775. The minimum absolute atomic E-state index is 0.00632. The number of pyridine rings is 2. The zero-order valence-electron chi connectivity index (χ0n) is 17.3. The number of carboxylic acid groups (broad SMARTS) is 1. The van der Waals surface area contributed by atoms with E-state index in [9.17, 15) is 9.59 Å². The van der Waals surface area contributed by atoms with Crippen molar-refractivity contribution in [2.24, 2.45) is 0 Å². The van der Waals surface area contributed by atoms with Gasteiger partial charge in [-0.05, 0) is 29.7 Å². The van der Waals surface area contributed by atoms with Crippen LogP contribution in [0.3, 0.4) is 0 Å². The van der Waals surface area contributed by atoms with Crippen LogP contribution in [0.4, 0.5) is 5.82 Å². The van der Waals surface area contributed by atoms with Crippen LogP contribution in [0.1, 0.15) is 10.4 Å². The molecule has 0 spiro atoms. The Labute approximate surface area is 183 Å². The molecule has 0 unspecified atom stereocenters. The van der Waals surface area contributed by atoms with Crippen LogP contribution in [0.2, 0.25) is 0 Å². The summed E-state index contributed by atoms with van der Waals surface area (Å²) in [4.78, 5) is 44.6. The average Bonchev–Trinajstić information content (AvgIpc) is 2.83. The number of hydrogen-bond acceptors (Lipinski definition) is 5. The summed E-state index contributed by atoms with van der Waals surface area (Å²) < 4.78 is 0. The molecule has 5 rings (SSSR count). The van der Waals surface area contributed by atoms with Crippen LogP contribution in [0.15, 0.2) is 71.7 Å². The van der Waals surface area contributed by atoms with Crippen molar-refractivity contribution in [1.82, 2.24) is 14.9 Å². The fraction of sp³-hybridized carbons (Fsp3) is 0.167. The number of piperazine rings is 1. The first kappa shape index (κ1) is 21.0. The fourth-order valence-corrected chi connectivity index (χ4v) is 4.02. The lowest BCUT2D eigenvalue weighted by Crippen LogP contribution is -2.49. The molecule has 2 aromatic carbocycles. The van der Waals surface area contributed by atoms with E-state index in [4.69, 9.17) is 9.90 Å². The Morgan fingerprint density at radius 3 is 2.47 bits per heavy atom. The summed E-state index contributed by atoms with van der Waals surface area (Å²) in [6.45, 7) is 2.47. The van der Waals surface area contributed by atoms with Gasteiger partial charge in [-0.2, -0.15) is 0 Å². The van der Waals surface area contributed by atoms with Gasteiger partial charge in [0.05, 0.1) is 0 Å². The monoisotopic (exact) mass is 430 g/mol. The minimum atomic E-state index is -0.250. The number of benzene rings is 2. The topological polar surface area (TPSA) is 107 Å². The summed E-state index contributed by atoms with van der Waals surface area (Å²) in [7, 11) is 0. The Morgan fingerprint density at radius 2 is 1.69 bits per heavy atom. The van der Waals surface area contributed by atoms with E-state index in [1.54, 1.807) is 6.07 Å². The Hall–Kier alpha value is -4.20. The predicted octanol–water partition coefficient (Wildman–Crippen LogP) is 2.74. The molecule has 4 aromatic rings. The number of fused-ring (bicyclic) bond motifs is 2. The van der Waals surface area contributed by atoms with Crippen molar-refractivity contribution in [3.05, 3.63) is 82.8 Å². The Morgan fingerprint density at radius 1 is 0.938 bits per heavy atom. The average molecular weight is 430 g/mol. The highest BCUT2D eigenvalue weighted by atomic mass is 16.3. The van der Waals surface area contributed by atoms with Crippen molar-refractivity contribution in [3.8, 4) is 0 Å². The van der Waals surface area contributed by atoms with E-state index in [2.05, 4.69) is 27.0 Å². The van der Waals surface area contributed by atoms with Crippen LogP contribution < -0.4 is 10.5 Å². The van der Waals surface area contributed by atoms with Gasteiger partial charge in [-0.3, -0.25) is 14.4 Å². The first-order valence-electron chi connectivity index (χ1n) is 10.2.